The third kappa shape index (κ3) is 4.41. The summed E-state index contributed by atoms with van der Waals surface area (Å²) in [6, 6.07) is 14.4. The number of aromatic hydroxyl groups is 1. The molecule has 0 aliphatic carbocycles. The highest BCUT2D eigenvalue weighted by atomic mass is 16.3. The minimum atomic E-state index is -0.209. The van der Waals surface area contributed by atoms with Crippen LogP contribution in [-0.4, -0.2) is 75.8 Å². The number of hydrogen-bond donors (Lipinski definition) is 3. The monoisotopic (exact) mass is 514 g/mol. The van der Waals surface area contributed by atoms with Crippen molar-refractivity contribution in [2.45, 2.75) is 31.2 Å². The van der Waals surface area contributed by atoms with E-state index in [-0.39, 0.29) is 36.3 Å². The molecule has 0 radical (unpaired) electrons. The van der Waals surface area contributed by atoms with Crippen molar-refractivity contribution < 1.29 is 19.8 Å². The van der Waals surface area contributed by atoms with Gasteiger partial charge >= 0.3 is 6.03 Å². The average Bonchev–Trinajstić information content (AvgIpc) is 3.25. The van der Waals surface area contributed by atoms with Crippen LogP contribution in [0.1, 0.15) is 40.4 Å². The summed E-state index contributed by atoms with van der Waals surface area (Å²) < 4.78 is 0. The lowest BCUT2D eigenvalue weighted by molar-refractivity contribution is 0.0981. The van der Waals surface area contributed by atoms with Crippen LogP contribution in [0.25, 0.3) is 0 Å². The fraction of sp³-hybridized carbons (Fsp3) is 0.357. The quantitative estimate of drug-likeness (QED) is 0.458. The number of phenols is 1. The summed E-state index contributed by atoms with van der Waals surface area (Å²) in [6.07, 6.45) is 3.66. The Labute approximate surface area is 220 Å². The molecule has 3 aromatic rings. The second-order valence-electron chi connectivity index (χ2n) is 10.0. The molecule has 4 heterocycles. The Bertz CT molecular complexity index is 1370. The minimum Gasteiger partial charge on any atom is -0.508 e. The number of phenolic OH excluding ortho intramolecular Hbond substituents is 1. The van der Waals surface area contributed by atoms with Gasteiger partial charge in [-0.2, -0.15) is 0 Å². The highest BCUT2D eigenvalue weighted by Crippen LogP contribution is 2.36. The first-order chi connectivity index (χ1) is 18.5. The molecule has 1 atom stereocenters. The lowest BCUT2D eigenvalue weighted by Crippen LogP contribution is -2.49. The van der Waals surface area contributed by atoms with Gasteiger partial charge in [0, 0.05) is 55.6 Å². The van der Waals surface area contributed by atoms with Gasteiger partial charge in [0.15, 0.2) is 0 Å². The first kappa shape index (κ1) is 24.2. The molecule has 1 unspecified atom stereocenters. The standard InChI is InChI=1S/C28H30N6O4/c35-16-19-15-34(25-4-2-1-3-22(19)25)27(37)24-14-26(30-17-29-24)32-10-8-20(9-11-32)33-12-7-18-13-21(36)5-6-23(18)31-28(33)38/h1-6,13-14,17,19-20,35-36H,7-12,15-16H2,(H,31,38). The van der Waals surface area contributed by atoms with Crippen LogP contribution in [0.15, 0.2) is 54.9 Å². The fourth-order valence-corrected chi connectivity index (χ4v) is 5.81. The number of nitrogens with zero attached hydrogens (tertiary/aromatic N) is 5. The number of carbonyl (C=O) groups excluding carboxylic acids is 2. The van der Waals surface area contributed by atoms with Crippen LogP contribution in [0.5, 0.6) is 5.75 Å². The van der Waals surface area contributed by atoms with Gasteiger partial charge in [-0.05, 0) is 54.7 Å². The lowest BCUT2D eigenvalue weighted by atomic mass is 10.0. The van der Waals surface area contributed by atoms with Gasteiger partial charge < -0.3 is 30.2 Å². The molecule has 2 aromatic carbocycles. The Morgan fingerprint density at radius 2 is 1.87 bits per heavy atom. The maximum absolute atomic E-state index is 13.4. The smallest absolute Gasteiger partial charge is 0.322 e. The topological polar surface area (TPSA) is 122 Å². The van der Waals surface area contributed by atoms with E-state index in [0.717, 1.165) is 35.3 Å². The molecule has 0 saturated carbocycles. The summed E-state index contributed by atoms with van der Waals surface area (Å²) in [4.78, 5) is 40.8. The van der Waals surface area contributed by atoms with Crippen LogP contribution in [0.2, 0.25) is 0 Å². The normalized spacial score (nSPS) is 19.6. The molecule has 10 nitrogen and oxygen atoms in total. The average molecular weight is 515 g/mol. The Morgan fingerprint density at radius 3 is 2.68 bits per heavy atom. The number of nitrogens with one attached hydrogen (secondary N) is 1. The van der Waals surface area contributed by atoms with E-state index in [1.165, 1.54) is 6.33 Å². The van der Waals surface area contributed by atoms with Crippen molar-refractivity contribution >= 4 is 29.1 Å². The molecule has 3 N–H and O–H groups in total. The Balaban J connectivity index is 1.12. The Hall–Kier alpha value is -4.18. The molecule has 1 aromatic heterocycles. The fourth-order valence-electron chi connectivity index (χ4n) is 5.81. The van der Waals surface area contributed by atoms with Crippen LogP contribution < -0.4 is 15.1 Å². The largest absolute Gasteiger partial charge is 0.508 e. The van der Waals surface area contributed by atoms with Gasteiger partial charge in [0.1, 0.15) is 23.6 Å². The molecule has 1 saturated heterocycles. The maximum atomic E-state index is 13.4. The van der Waals surface area contributed by atoms with Gasteiger partial charge in [-0.15, -0.1) is 0 Å². The van der Waals surface area contributed by atoms with Crippen molar-refractivity contribution in [1.29, 1.82) is 0 Å². The SMILES string of the molecule is O=C(c1cc(N2CCC(N3CCc4cc(O)ccc4NC3=O)CC2)ncn1)N1CC(CO)c2ccccc21. The van der Waals surface area contributed by atoms with E-state index in [1.807, 2.05) is 29.2 Å². The van der Waals surface area contributed by atoms with Crippen LogP contribution >= 0.6 is 0 Å². The zero-order chi connectivity index (χ0) is 26.2. The zero-order valence-corrected chi connectivity index (χ0v) is 21.0. The first-order valence-corrected chi connectivity index (χ1v) is 13.0. The summed E-state index contributed by atoms with van der Waals surface area (Å²) in [5, 5.41) is 22.6. The molecule has 0 spiro atoms. The van der Waals surface area contributed by atoms with E-state index in [0.29, 0.717) is 44.1 Å². The van der Waals surface area contributed by atoms with Crippen LogP contribution in [0, 0.1) is 0 Å². The molecular weight excluding hydrogens is 484 g/mol. The van der Waals surface area contributed by atoms with Crippen molar-refractivity contribution in [3.63, 3.8) is 0 Å². The second kappa shape index (κ2) is 9.94. The Morgan fingerprint density at radius 1 is 1.05 bits per heavy atom. The molecular formula is C28H30N6O4. The van der Waals surface area contributed by atoms with E-state index >= 15 is 0 Å². The Kier molecular flexibility index (Phi) is 6.32. The van der Waals surface area contributed by atoms with E-state index in [9.17, 15) is 19.8 Å². The van der Waals surface area contributed by atoms with Crippen molar-refractivity contribution in [1.82, 2.24) is 14.9 Å². The third-order valence-electron chi connectivity index (χ3n) is 7.85. The number of rotatable bonds is 4. The number of carbonyl (C=O) groups is 2. The molecule has 3 amide bonds. The van der Waals surface area contributed by atoms with Crippen molar-refractivity contribution in [2.75, 3.05) is 47.9 Å². The van der Waals surface area contributed by atoms with E-state index in [1.54, 1.807) is 29.2 Å². The first-order valence-electron chi connectivity index (χ1n) is 13.0. The second-order valence-corrected chi connectivity index (χ2v) is 10.0. The summed E-state index contributed by atoms with van der Waals surface area (Å²) >= 11 is 0. The van der Waals surface area contributed by atoms with Crippen molar-refractivity contribution in [3.05, 3.63) is 71.7 Å². The molecule has 10 heteroatoms. The third-order valence-corrected chi connectivity index (χ3v) is 7.85. The van der Waals surface area contributed by atoms with E-state index in [4.69, 9.17) is 0 Å². The van der Waals surface area contributed by atoms with Gasteiger partial charge in [-0.1, -0.05) is 18.2 Å². The number of aromatic nitrogens is 2. The molecule has 1 fully saturated rings. The van der Waals surface area contributed by atoms with Crippen LogP contribution in [0.3, 0.4) is 0 Å². The van der Waals surface area contributed by atoms with Gasteiger partial charge in [0.05, 0.1) is 6.61 Å². The number of piperidine rings is 1. The summed E-state index contributed by atoms with van der Waals surface area (Å²) in [5.74, 6) is 0.574. The summed E-state index contributed by atoms with van der Waals surface area (Å²) in [6.45, 7) is 2.39. The van der Waals surface area contributed by atoms with Gasteiger partial charge in [-0.3, -0.25) is 4.79 Å². The predicted octanol–water partition coefficient (Wildman–Crippen LogP) is 2.98. The number of fused-ring (bicyclic) bond motifs is 2. The molecule has 196 valence electrons. The number of urea groups is 1. The van der Waals surface area contributed by atoms with Crippen molar-refractivity contribution in [3.8, 4) is 5.75 Å². The summed E-state index contributed by atoms with van der Waals surface area (Å²) in [5.41, 5.74) is 3.78. The number of anilines is 3. The summed E-state index contributed by atoms with van der Waals surface area (Å²) in [7, 11) is 0. The number of hydrogen-bond acceptors (Lipinski definition) is 7. The van der Waals surface area contributed by atoms with Gasteiger partial charge in [0.25, 0.3) is 5.91 Å². The lowest BCUT2D eigenvalue weighted by Gasteiger charge is -2.38. The highest BCUT2D eigenvalue weighted by Gasteiger charge is 2.34. The number of benzene rings is 2. The zero-order valence-electron chi connectivity index (χ0n) is 21.0. The molecule has 38 heavy (non-hydrogen) atoms. The predicted molar refractivity (Wildman–Crippen MR) is 143 cm³/mol. The molecule has 0 bridgehead atoms. The number of para-hydroxylation sites is 1. The molecule has 6 rings (SSSR count). The number of aliphatic hydroxyl groups excluding tert-OH is 1. The van der Waals surface area contributed by atoms with Crippen LogP contribution in [-0.2, 0) is 6.42 Å². The van der Waals surface area contributed by atoms with Crippen molar-refractivity contribution in [2.24, 2.45) is 0 Å². The number of aliphatic hydroxyl groups is 1. The van der Waals surface area contributed by atoms with Gasteiger partial charge in [0.2, 0.25) is 0 Å². The number of amides is 3. The molecule has 3 aliphatic rings. The van der Waals surface area contributed by atoms with Gasteiger partial charge in [-0.25, -0.2) is 14.8 Å². The van der Waals surface area contributed by atoms with Crippen LogP contribution in [0.4, 0.5) is 22.0 Å². The molecule has 3 aliphatic heterocycles. The maximum Gasteiger partial charge on any atom is 0.322 e. The minimum absolute atomic E-state index is 0.0195. The van der Waals surface area contributed by atoms with E-state index in [2.05, 4.69) is 20.2 Å². The van der Waals surface area contributed by atoms with E-state index < -0.39 is 0 Å². The highest BCUT2D eigenvalue weighted by molar-refractivity contribution is 6.06.